The molecular weight excluding hydrogens is 389 g/mol. The zero-order chi connectivity index (χ0) is 23.6. The Morgan fingerprint density at radius 1 is 1.29 bits per heavy atom. The molecule has 2 unspecified atom stereocenters. The Morgan fingerprint density at radius 3 is 2.48 bits per heavy atom. The molecule has 1 aliphatic heterocycles. The van der Waals surface area contributed by atoms with Crippen molar-refractivity contribution in [3.05, 3.63) is 65.8 Å². The molecule has 2 heterocycles. The largest absolute Gasteiger partial charge is 0.404 e. The van der Waals surface area contributed by atoms with Crippen LogP contribution < -0.4 is 17.2 Å². The molecule has 0 spiro atoms. The number of aromatic nitrogens is 1. The quantitative estimate of drug-likeness (QED) is 0.590. The molecule has 0 aromatic carbocycles. The summed E-state index contributed by atoms with van der Waals surface area (Å²) in [4.78, 5) is 6.61. The van der Waals surface area contributed by atoms with Crippen LogP contribution in [0.1, 0.15) is 57.4 Å². The van der Waals surface area contributed by atoms with Crippen molar-refractivity contribution in [2.75, 3.05) is 7.05 Å². The maximum Gasteiger partial charge on any atom is 0.121 e. The minimum absolute atomic E-state index is 0.100. The lowest BCUT2D eigenvalue weighted by molar-refractivity contribution is -0.0888. The number of piperidine rings is 1. The van der Waals surface area contributed by atoms with Gasteiger partial charge in [-0.1, -0.05) is 12.7 Å². The van der Waals surface area contributed by atoms with E-state index in [-0.39, 0.29) is 11.5 Å². The fraction of sp³-hybridized carbons (Fsp3) is 0.480. The third kappa shape index (κ3) is 5.18. The predicted molar refractivity (Wildman–Crippen MR) is 129 cm³/mol. The number of halogens is 1. The summed E-state index contributed by atoms with van der Waals surface area (Å²) in [5.41, 5.74) is 21.9. The van der Waals surface area contributed by atoms with Gasteiger partial charge in [0, 0.05) is 34.7 Å². The molecule has 0 aliphatic carbocycles. The highest BCUT2D eigenvalue weighted by Gasteiger charge is 2.50. The van der Waals surface area contributed by atoms with Crippen molar-refractivity contribution in [1.82, 2.24) is 9.88 Å². The predicted octanol–water partition coefficient (Wildman–Crippen LogP) is 4.25. The number of likely N-dealkylation sites (tertiary alicyclic amines) is 1. The molecule has 31 heavy (non-hydrogen) atoms. The smallest absolute Gasteiger partial charge is 0.121 e. The van der Waals surface area contributed by atoms with E-state index >= 15 is 4.39 Å². The van der Waals surface area contributed by atoms with Crippen molar-refractivity contribution in [2.45, 2.75) is 64.7 Å². The molecular formula is C25H38FN5. The Morgan fingerprint density at radius 2 is 1.94 bits per heavy atom. The first kappa shape index (κ1) is 24.7. The number of hydrogen-bond donors (Lipinski definition) is 3. The summed E-state index contributed by atoms with van der Waals surface area (Å²) in [6.45, 7) is 13.9. The summed E-state index contributed by atoms with van der Waals surface area (Å²) in [5.74, 6) is -0.147. The van der Waals surface area contributed by atoms with Crippen LogP contribution in [0.2, 0.25) is 0 Å². The molecule has 170 valence electrons. The van der Waals surface area contributed by atoms with Crippen LogP contribution in [0.5, 0.6) is 0 Å². The van der Waals surface area contributed by atoms with Crippen molar-refractivity contribution in [1.29, 1.82) is 0 Å². The van der Waals surface area contributed by atoms with Gasteiger partial charge in [0.1, 0.15) is 6.17 Å². The summed E-state index contributed by atoms with van der Waals surface area (Å²) in [5, 5.41) is 0. The zero-order valence-corrected chi connectivity index (χ0v) is 19.7. The number of alkyl halides is 1. The van der Waals surface area contributed by atoms with Gasteiger partial charge in [-0.2, -0.15) is 0 Å². The summed E-state index contributed by atoms with van der Waals surface area (Å²) in [7, 11) is 1.99. The number of allylic oxidation sites excluding steroid dienone is 5. The third-order valence-electron chi connectivity index (χ3n) is 6.68. The zero-order valence-electron chi connectivity index (χ0n) is 19.7. The van der Waals surface area contributed by atoms with Crippen molar-refractivity contribution in [3.63, 3.8) is 0 Å². The summed E-state index contributed by atoms with van der Waals surface area (Å²) in [6.07, 6.45) is 8.67. The number of aryl methyl sites for hydroxylation is 1. The van der Waals surface area contributed by atoms with Crippen LogP contribution in [-0.4, -0.2) is 34.2 Å². The van der Waals surface area contributed by atoms with E-state index in [1.54, 1.807) is 24.4 Å². The van der Waals surface area contributed by atoms with Crippen molar-refractivity contribution in [2.24, 2.45) is 23.1 Å². The van der Waals surface area contributed by atoms with Gasteiger partial charge in [0.15, 0.2) is 0 Å². The maximum atomic E-state index is 15.3. The molecule has 6 heteroatoms. The van der Waals surface area contributed by atoms with E-state index in [4.69, 9.17) is 17.2 Å². The fourth-order valence-electron chi connectivity index (χ4n) is 4.56. The molecule has 2 rings (SSSR count). The van der Waals surface area contributed by atoms with Crippen molar-refractivity contribution >= 4 is 11.3 Å². The summed E-state index contributed by atoms with van der Waals surface area (Å²) >= 11 is 0. The molecule has 0 radical (unpaired) electrons. The lowest BCUT2D eigenvalue weighted by Crippen LogP contribution is -2.64. The molecule has 1 fully saturated rings. The highest BCUT2D eigenvalue weighted by Crippen LogP contribution is 2.43. The van der Waals surface area contributed by atoms with Crippen LogP contribution in [0.4, 0.5) is 4.39 Å². The van der Waals surface area contributed by atoms with Gasteiger partial charge in [0.2, 0.25) is 0 Å². The molecule has 1 aliphatic rings. The first-order valence-corrected chi connectivity index (χ1v) is 10.7. The van der Waals surface area contributed by atoms with E-state index in [1.165, 1.54) is 6.20 Å². The van der Waals surface area contributed by atoms with Gasteiger partial charge in [0.25, 0.3) is 0 Å². The van der Waals surface area contributed by atoms with Crippen LogP contribution in [0.3, 0.4) is 0 Å². The van der Waals surface area contributed by atoms with Gasteiger partial charge in [-0.25, -0.2) is 4.39 Å². The van der Waals surface area contributed by atoms with E-state index < -0.39 is 11.7 Å². The lowest BCUT2D eigenvalue weighted by Gasteiger charge is -2.55. The minimum atomic E-state index is -0.968. The molecule has 0 saturated carbocycles. The number of nitrogens with two attached hydrogens (primary N) is 3. The van der Waals surface area contributed by atoms with E-state index in [2.05, 4.69) is 30.3 Å². The molecule has 2 atom stereocenters. The molecule has 5 nitrogen and oxygen atoms in total. The maximum absolute atomic E-state index is 15.3. The number of hydrogen-bond acceptors (Lipinski definition) is 5. The van der Waals surface area contributed by atoms with E-state index in [9.17, 15) is 0 Å². The van der Waals surface area contributed by atoms with Gasteiger partial charge in [0.05, 0.1) is 11.4 Å². The average Bonchev–Trinajstić information content (AvgIpc) is 2.70. The van der Waals surface area contributed by atoms with E-state index in [0.717, 1.165) is 23.1 Å². The Labute approximate surface area is 186 Å². The molecule has 1 aromatic rings. The molecule has 0 amide bonds. The number of pyridine rings is 1. The van der Waals surface area contributed by atoms with Crippen LogP contribution in [0.25, 0.3) is 11.3 Å². The lowest BCUT2D eigenvalue weighted by atomic mass is 9.71. The van der Waals surface area contributed by atoms with E-state index in [0.29, 0.717) is 23.5 Å². The average molecular weight is 428 g/mol. The van der Waals surface area contributed by atoms with Gasteiger partial charge in [-0.15, -0.1) is 0 Å². The molecule has 0 bridgehead atoms. The van der Waals surface area contributed by atoms with Crippen LogP contribution in [0, 0.1) is 12.8 Å². The van der Waals surface area contributed by atoms with Crippen LogP contribution >= 0.6 is 0 Å². The molecule has 6 N–H and O–H groups in total. The molecule has 1 saturated heterocycles. The van der Waals surface area contributed by atoms with E-state index in [1.807, 2.05) is 33.9 Å². The Kier molecular flexibility index (Phi) is 7.37. The number of nitrogens with zero attached hydrogens (tertiary/aromatic N) is 2. The van der Waals surface area contributed by atoms with Crippen molar-refractivity contribution < 1.29 is 4.39 Å². The van der Waals surface area contributed by atoms with Gasteiger partial charge in [-0.05, 0) is 89.8 Å². The summed E-state index contributed by atoms with van der Waals surface area (Å²) < 4.78 is 15.3. The Hall–Kier alpha value is -2.60. The monoisotopic (exact) mass is 427 g/mol. The van der Waals surface area contributed by atoms with Crippen molar-refractivity contribution in [3.8, 4) is 0 Å². The number of rotatable bonds is 6. The first-order valence-electron chi connectivity index (χ1n) is 10.7. The summed E-state index contributed by atoms with van der Waals surface area (Å²) in [6, 6.07) is 1.97. The fourth-order valence-corrected chi connectivity index (χ4v) is 4.56. The first-order chi connectivity index (χ1) is 14.3. The Balaban J connectivity index is 2.20. The highest BCUT2D eigenvalue weighted by molar-refractivity contribution is 5.74. The second-order valence-electron chi connectivity index (χ2n) is 9.67. The Bertz CT molecular complexity index is 910. The third-order valence-corrected chi connectivity index (χ3v) is 6.68. The minimum Gasteiger partial charge on any atom is -0.404 e. The molecule has 1 aromatic heterocycles. The van der Waals surface area contributed by atoms with Crippen LogP contribution in [0.15, 0.2) is 49.0 Å². The topological polar surface area (TPSA) is 94.2 Å². The van der Waals surface area contributed by atoms with Crippen LogP contribution in [-0.2, 0) is 0 Å². The van der Waals surface area contributed by atoms with Gasteiger partial charge >= 0.3 is 0 Å². The normalized spacial score (nSPS) is 24.8. The highest BCUT2D eigenvalue weighted by atomic mass is 19.1. The second-order valence-corrected chi connectivity index (χ2v) is 9.67. The second kappa shape index (κ2) is 9.27. The standard InChI is InChI=1S/C25H38FN5/c1-8-17(14-27)19-11-16(2)22(30-15-19)21(29)10-9-20(28)12-18-13-24(3,4)31(7)25(5,6)23(18)26/h8-11,14-15,18,23H,1,12-13,27-29H2,2-7H3/b17-14+,20-9-,21-10-. The SMILES string of the molecule is C=C/C(=C\N)c1cnc(/C(N)=C/C=C(\N)CC2CC(C)(C)N(C)C(C)(C)C2F)c(C)c1. The van der Waals surface area contributed by atoms with Gasteiger partial charge in [-0.3, -0.25) is 9.88 Å². The van der Waals surface area contributed by atoms with Gasteiger partial charge < -0.3 is 17.2 Å².